The molecule has 2 aromatic rings. The number of likely N-dealkylation sites (tertiary alicyclic amines) is 1. The van der Waals surface area contributed by atoms with E-state index in [-0.39, 0.29) is 36.9 Å². The molecule has 2 saturated carbocycles. The summed E-state index contributed by atoms with van der Waals surface area (Å²) in [7, 11) is -2.41. The highest BCUT2D eigenvalue weighted by Gasteiger charge is 2.63. The highest BCUT2D eigenvalue weighted by atomic mass is 32.2. The molecule has 58 heavy (non-hydrogen) atoms. The fourth-order valence-electron chi connectivity index (χ4n) is 8.47. The van der Waals surface area contributed by atoms with E-state index in [0.29, 0.717) is 73.5 Å². The molecule has 16 heteroatoms. The standard InChI is InChI=1S/C42H58N6O9S/c1-25(2)56-34-20-33(29-15-16-32(55-7)26(3)35(29)44-34)57-28-19-31-36(49)45-42(38(51)46-58(53,54)41(6)17-18-41)21-27(42)13-11-9-8-10-12-14-30(37(50)48(31)22-28)43-39(52)47-23-40(4,5)24-47/h11,13,15-16,20,25,27-28,30-31H,8-10,12,14,17-19,21-24H2,1-7H3,(H,43,52)(H,45,49)(H,46,51)/b13-11-/t27?,28-,30+,31+,42-/m1/s1. The minimum Gasteiger partial charge on any atom is -0.496 e. The number of amides is 5. The van der Waals surface area contributed by atoms with Crippen molar-refractivity contribution in [3.8, 4) is 17.4 Å². The number of fused-ring (bicyclic) bond motifs is 3. The van der Waals surface area contributed by atoms with Crippen molar-refractivity contribution in [3.63, 3.8) is 0 Å². The second kappa shape index (κ2) is 15.5. The number of hydrogen-bond donors (Lipinski definition) is 3. The molecule has 5 amide bonds. The molecule has 0 spiro atoms. The first-order valence-electron chi connectivity index (χ1n) is 20.6. The average molecular weight is 823 g/mol. The fourth-order valence-corrected chi connectivity index (χ4v) is 9.79. The van der Waals surface area contributed by atoms with Gasteiger partial charge in [-0.15, -0.1) is 0 Å². The van der Waals surface area contributed by atoms with Gasteiger partial charge in [0.1, 0.15) is 35.2 Å². The summed E-state index contributed by atoms with van der Waals surface area (Å²) in [6.07, 6.45) is 7.49. The number of carbonyl (C=O) groups is 4. The molecule has 1 unspecified atom stereocenters. The second-order valence-electron chi connectivity index (χ2n) is 18.1. The number of methoxy groups -OCH3 is 1. The summed E-state index contributed by atoms with van der Waals surface area (Å²) in [6, 6.07) is 3.02. The maximum absolute atomic E-state index is 14.8. The van der Waals surface area contributed by atoms with Crippen molar-refractivity contribution in [1.82, 2.24) is 30.1 Å². The number of nitrogens with zero attached hydrogens (tertiary/aromatic N) is 3. The monoisotopic (exact) mass is 822 g/mol. The van der Waals surface area contributed by atoms with Gasteiger partial charge in [0.15, 0.2) is 0 Å². The summed E-state index contributed by atoms with van der Waals surface area (Å²) >= 11 is 0. The summed E-state index contributed by atoms with van der Waals surface area (Å²) < 4.78 is 46.0. The van der Waals surface area contributed by atoms with Crippen LogP contribution in [0, 0.1) is 18.3 Å². The molecule has 3 aliphatic heterocycles. The summed E-state index contributed by atoms with van der Waals surface area (Å²) in [5, 5.41) is 6.61. The zero-order chi connectivity index (χ0) is 41.8. The second-order valence-corrected chi connectivity index (χ2v) is 20.3. The third kappa shape index (κ3) is 8.30. The summed E-state index contributed by atoms with van der Waals surface area (Å²) in [6.45, 7) is 12.6. The Morgan fingerprint density at radius 2 is 1.79 bits per heavy atom. The van der Waals surface area contributed by atoms with E-state index in [1.54, 1.807) is 25.0 Å². The average Bonchev–Trinajstić information content (AvgIpc) is 4.02. The van der Waals surface area contributed by atoms with Gasteiger partial charge in [-0.2, -0.15) is 0 Å². The van der Waals surface area contributed by atoms with Crippen molar-refractivity contribution >= 4 is 44.7 Å². The van der Waals surface area contributed by atoms with Gasteiger partial charge in [0.2, 0.25) is 27.7 Å². The lowest BCUT2D eigenvalue weighted by Crippen LogP contribution is -2.62. The number of hydrogen-bond acceptors (Lipinski definition) is 10. The normalized spacial score (nSPS) is 28.5. The van der Waals surface area contributed by atoms with Crippen molar-refractivity contribution in [2.45, 2.75) is 134 Å². The molecule has 2 aliphatic carbocycles. The molecule has 5 aliphatic rings. The maximum Gasteiger partial charge on any atom is 0.318 e. The smallest absolute Gasteiger partial charge is 0.318 e. The van der Waals surface area contributed by atoms with Crippen LogP contribution in [0.2, 0.25) is 0 Å². The number of rotatable bonds is 9. The topological polar surface area (TPSA) is 186 Å². The van der Waals surface area contributed by atoms with Gasteiger partial charge in [-0.3, -0.25) is 19.1 Å². The molecule has 2 saturated heterocycles. The van der Waals surface area contributed by atoms with E-state index >= 15 is 0 Å². The molecule has 0 radical (unpaired) electrons. The van der Waals surface area contributed by atoms with Gasteiger partial charge in [0, 0.05) is 47.9 Å². The number of nitrogens with one attached hydrogen (secondary N) is 3. The molecule has 7 rings (SSSR count). The van der Waals surface area contributed by atoms with Crippen LogP contribution in [0.1, 0.15) is 98.0 Å². The first-order chi connectivity index (χ1) is 27.3. The molecule has 1 aromatic carbocycles. The Morgan fingerprint density at radius 1 is 1.05 bits per heavy atom. The summed E-state index contributed by atoms with van der Waals surface area (Å²) in [5.41, 5.74) is -0.134. The third-order valence-electron chi connectivity index (χ3n) is 12.3. The minimum absolute atomic E-state index is 0.00855. The lowest BCUT2D eigenvalue weighted by atomic mass is 9.85. The van der Waals surface area contributed by atoms with Gasteiger partial charge >= 0.3 is 6.03 Å². The summed E-state index contributed by atoms with van der Waals surface area (Å²) in [5.74, 6) is -0.826. The lowest BCUT2D eigenvalue weighted by Gasteiger charge is -2.46. The Labute approximate surface area is 341 Å². The number of sulfonamides is 1. The minimum atomic E-state index is -3.99. The van der Waals surface area contributed by atoms with Crippen molar-refractivity contribution in [2.24, 2.45) is 11.3 Å². The van der Waals surface area contributed by atoms with Gasteiger partial charge in [0.05, 0.1) is 30.0 Å². The van der Waals surface area contributed by atoms with Gasteiger partial charge in [-0.25, -0.2) is 18.2 Å². The number of benzene rings is 1. The lowest BCUT2D eigenvalue weighted by molar-refractivity contribution is -0.141. The van der Waals surface area contributed by atoms with Crippen LogP contribution >= 0.6 is 0 Å². The highest BCUT2D eigenvalue weighted by Crippen LogP contribution is 2.48. The summed E-state index contributed by atoms with van der Waals surface area (Å²) in [4.78, 5) is 64.7. The van der Waals surface area contributed by atoms with Crippen molar-refractivity contribution < 1.29 is 41.8 Å². The molecule has 1 aromatic heterocycles. The van der Waals surface area contributed by atoms with Crippen LogP contribution in [0.25, 0.3) is 10.9 Å². The zero-order valence-electron chi connectivity index (χ0n) is 34.7. The highest BCUT2D eigenvalue weighted by molar-refractivity contribution is 7.91. The van der Waals surface area contributed by atoms with Crippen molar-refractivity contribution in [3.05, 3.63) is 35.9 Å². The van der Waals surface area contributed by atoms with Crippen LogP contribution in [0.5, 0.6) is 17.4 Å². The number of allylic oxidation sites excluding steroid dienone is 1. The van der Waals surface area contributed by atoms with Gasteiger partial charge in [0.25, 0.3) is 5.91 Å². The van der Waals surface area contributed by atoms with Gasteiger partial charge < -0.3 is 34.6 Å². The Balaban J connectivity index is 1.22. The SMILES string of the molecule is COc1ccc2c(O[C@@H]3C[C@H]4C(=O)N[C@]5(C(=O)NS(=O)(=O)C6(C)CC6)CC5/C=C\CCCCC[C@H](NC(=O)N5CC(C)(C)C5)C(=O)N4C3)cc(OC(C)C)nc2c1C. The molecule has 15 nitrogen and oxygen atoms in total. The third-order valence-corrected chi connectivity index (χ3v) is 14.5. The van der Waals surface area contributed by atoms with Crippen LogP contribution in [0.3, 0.4) is 0 Å². The van der Waals surface area contributed by atoms with E-state index in [1.807, 2.05) is 45.1 Å². The Bertz CT molecular complexity index is 2110. The largest absolute Gasteiger partial charge is 0.496 e. The van der Waals surface area contributed by atoms with Crippen LogP contribution < -0.4 is 29.6 Å². The predicted octanol–water partition coefficient (Wildman–Crippen LogP) is 4.50. The van der Waals surface area contributed by atoms with Crippen LogP contribution in [0.15, 0.2) is 30.4 Å². The predicted molar refractivity (Wildman–Crippen MR) is 217 cm³/mol. The van der Waals surface area contributed by atoms with E-state index in [0.717, 1.165) is 18.4 Å². The molecule has 0 bridgehead atoms. The molecule has 316 valence electrons. The Kier molecular flexibility index (Phi) is 11.1. The molecular formula is C42H58N6O9S. The van der Waals surface area contributed by atoms with E-state index < -0.39 is 62.1 Å². The van der Waals surface area contributed by atoms with Crippen LogP contribution in [0.4, 0.5) is 4.79 Å². The molecule has 4 fully saturated rings. The number of urea groups is 1. The van der Waals surface area contributed by atoms with Gasteiger partial charge in [-0.05, 0) is 78.4 Å². The van der Waals surface area contributed by atoms with E-state index in [1.165, 1.54) is 4.90 Å². The zero-order valence-corrected chi connectivity index (χ0v) is 35.5. The van der Waals surface area contributed by atoms with E-state index in [9.17, 15) is 27.6 Å². The van der Waals surface area contributed by atoms with Crippen LogP contribution in [-0.4, -0.2) is 108 Å². The first kappa shape index (κ1) is 41.6. The maximum atomic E-state index is 14.8. The van der Waals surface area contributed by atoms with E-state index in [4.69, 9.17) is 19.2 Å². The van der Waals surface area contributed by atoms with Crippen LogP contribution in [-0.2, 0) is 24.4 Å². The number of carbonyl (C=O) groups excluding carboxylic acids is 4. The van der Waals surface area contributed by atoms with Crippen molar-refractivity contribution in [1.29, 1.82) is 0 Å². The quantitative estimate of drug-likeness (QED) is 0.304. The first-order valence-corrected chi connectivity index (χ1v) is 22.1. The van der Waals surface area contributed by atoms with Crippen molar-refractivity contribution in [2.75, 3.05) is 26.7 Å². The Hall–Kier alpha value is -4.60. The Morgan fingerprint density at radius 3 is 2.47 bits per heavy atom. The molecule has 4 heterocycles. The van der Waals surface area contributed by atoms with Gasteiger partial charge in [-0.1, -0.05) is 38.8 Å². The number of aryl methyl sites for hydroxylation is 1. The molecule has 3 N–H and O–H groups in total. The number of pyridine rings is 1. The number of aromatic nitrogens is 1. The number of ether oxygens (including phenoxy) is 3. The fraction of sp³-hybridized carbons (Fsp3) is 0.643. The molecule has 5 atom stereocenters. The van der Waals surface area contributed by atoms with E-state index in [2.05, 4.69) is 29.2 Å². The molecular weight excluding hydrogens is 765 g/mol.